The smallest absolute Gasteiger partial charge is 0.323 e. The number of nitro benzene ring substituents is 1. The molecule has 0 radical (unpaired) electrons. The Balaban J connectivity index is 3.45. The molecule has 0 unspecified atom stereocenters. The number of nitrogens with zero attached hydrogens (tertiary/aromatic N) is 2. The van der Waals surface area contributed by atoms with Crippen LogP contribution in [-0.2, 0) is 14.6 Å². The van der Waals surface area contributed by atoms with Gasteiger partial charge in [-0.05, 0) is 19.9 Å². The summed E-state index contributed by atoms with van der Waals surface area (Å²) in [7, 11) is -3.78. The zero-order chi connectivity index (χ0) is 17.9. The minimum absolute atomic E-state index is 0.255. The molecule has 9 nitrogen and oxygen atoms in total. The fourth-order valence-electron chi connectivity index (χ4n) is 1.83. The van der Waals surface area contributed by atoms with Gasteiger partial charge in [-0.15, -0.1) is 0 Å². The predicted octanol–water partition coefficient (Wildman–Crippen LogP) is 0.933. The summed E-state index contributed by atoms with van der Waals surface area (Å²) in [4.78, 5) is 34.0. The van der Waals surface area contributed by atoms with Gasteiger partial charge in [0.25, 0.3) is 11.6 Å². The van der Waals surface area contributed by atoms with Gasteiger partial charge in [-0.2, -0.15) is 0 Å². The van der Waals surface area contributed by atoms with Crippen LogP contribution in [0.3, 0.4) is 0 Å². The van der Waals surface area contributed by atoms with Crippen LogP contribution in [0.15, 0.2) is 23.1 Å². The molecule has 0 saturated heterocycles. The zero-order valence-corrected chi connectivity index (χ0v) is 13.5. The first-order chi connectivity index (χ1) is 10.4. The second kappa shape index (κ2) is 6.73. The van der Waals surface area contributed by atoms with Crippen LogP contribution in [0.5, 0.6) is 0 Å². The summed E-state index contributed by atoms with van der Waals surface area (Å²) in [6, 6.07) is 2.29. The van der Waals surface area contributed by atoms with Crippen molar-refractivity contribution in [2.45, 2.75) is 24.8 Å². The molecule has 1 rings (SSSR count). The third-order valence-corrected chi connectivity index (χ3v) is 4.06. The fourth-order valence-corrected chi connectivity index (χ4v) is 2.50. The van der Waals surface area contributed by atoms with Crippen LogP contribution in [0.2, 0.25) is 0 Å². The third-order valence-electron chi connectivity index (χ3n) is 2.97. The van der Waals surface area contributed by atoms with E-state index >= 15 is 0 Å². The highest BCUT2D eigenvalue weighted by Gasteiger charge is 2.25. The van der Waals surface area contributed by atoms with Gasteiger partial charge in [-0.3, -0.25) is 19.7 Å². The van der Waals surface area contributed by atoms with Gasteiger partial charge >= 0.3 is 5.97 Å². The lowest BCUT2D eigenvalue weighted by atomic mass is 10.1. The first-order valence-electron chi connectivity index (χ1n) is 6.45. The maximum atomic E-state index is 12.4. The Morgan fingerprint density at radius 3 is 2.26 bits per heavy atom. The van der Waals surface area contributed by atoms with Gasteiger partial charge in [0, 0.05) is 30.0 Å². The third kappa shape index (κ3) is 4.74. The Hall–Kier alpha value is -2.49. The van der Waals surface area contributed by atoms with Crippen molar-refractivity contribution in [3.8, 4) is 0 Å². The van der Waals surface area contributed by atoms with E-state index in [4.69, 9.17) is 5.11 Å². The number of hydrogen-bond donors (Lipinski definition) is 1. The van der Waals surface area contributed by atoms with E-state index in [0.29, 0.717) is 0 Å². The van der Waals surface area contributed by atoms with E-state index in [1.165, 1.54) is 0 Å². The van der Waals surface area contributed by atoms with Crippen molar-refractivity contribution in [2.24, 2.45) is 0 Å². The highest BCUT2D eigenvalue weighted by Crippen LogP contribution is 2.22. The molecule has 10 heteroatoms. The summed E-state index contributed by atoms with van der Waals surface area (Å²) in [5.41, 5.74) is -0.815. The highest BCUT2D eigenvalue weighted by molar-refractivity contribution is 7.90. The van der Waals surface area contributed by atoms with Crippen molar-refractivity contribution in [2.75, 3.05) is 12.8 Å². The van der Waals surface area contributed by atoms with E-state index in [1.807, 2.05) is 0 Å². The van der Waals surface area contributed by atoms with Crippen LogP contribution in [0, 0.1) is 10.1 Å². The number of carboxylic acid groups (broad SMARTS) is 1. The van der Waals surface area contributed by atoms with Crippen molar-refractivity contribution in [3.05, 3.63) is 33.9 Å². The summed E-state index contributed by atoms with van der Waals surface area (Å²) >= 11 is 0. The molecule has 0 aliphatic carbocycles. The van der Waals surface area contributed by atoms with E-state index < -0.39 is 44.9 Å². The largest absolute Gasteiger partial charge is 0.480 e. The van der Waals surface area contributed by atoms with Gasteiger partial charge in [-0.1, -0.05) is 0 Å². The average molecular weight is 344 g/mol. The van der Waals surface area contributed by atoms with Gasteiger partial charge in [0.2, 0.25) is 0 Å². The molecule has 0 bridgehead atoms. The summed E-state index contributed by atoms with van der Waals surface area (Å²) in [5.74, 6) is -2.04. The molecule has 0 aromatic heterocycles. The monoisotopic (exact) mass is 344 g/mol. The summed E-state index contributed by atoms with van der Waals surface area (Å²) < 4.78 is 23.2. The maximum Gasteiger partial charge on any atom is 0.323 e. The Bertz CT molecular complexity index is 756. The lowest BCUT2D eigenvalue weighted by Crippen LogP contribution is -2.40. The van der Waals surface area contributed by atoms with Gasteiger partial charge < -0.3 is 10.0 Å². The summed E-state index contributed by atoms with van der Waals surface area (Å²) in [6.07, 6.45) is 0.859. The predicted molar refractivity (Wildman–Crippen MR) is 80.0 cm³/mol. The van der Waals surface area contributed by atoms with Gasteiger partial charge in [0.05, 0.1) is 9.82 Å². The van der Waals surface area contributed by atoms with E-state index in [9.17, 15) is 28.1 Å². The molecular formula is C13H16N2O7S. The van der Waals surface area contributed by atoms with Crippen LogP contribution in [-0.4, -0.2) is 54.1 Å². The van der Waals surface area contributed by atoms with E-state index in [2.05, 4.69) is 0 Å². The van der Waals surface area contributed by atoms with Crippen molar-refractivity contribution in [3.63, 3.8) is 0 Å². The number of non-ortho nitro benzene ring substituents is 1. The Morgan fingerprint density at radius 1 is 1.30 bits per heavy atom. The zero-order valence-electron chi connectivity index (χ0n) is 12.7. The quantitative estimate of drug-likeness (QED) is 0.599. The Kier molecular flexibility index (Phi) is 5.43. The standard InChI is InChI=1S/C13H16N2O7S/c1-8(2)14(7-12(16)17)13(18)9-4-10(15(19)20)6-11(5-9)23(3,21)22/h4-6,8H,7H2,1-3H3,(H,16,17). The summed E-state index contributed by atoms with van der Waals surface area (Å²) in [5, 5.41) is 19.8. The minimum atomic E-state index is -3.78. The Labute approximate surface area is 132 Å². The van der Waals surface area contributed by atoms with Crippen LogP contribution in [0.4, 0.5) is 5.69 Å². The molecule has 0 atom stereocenters. The molecule has 0 heterocycles. The van der Waals surface area contributed by atoms with Crippen molar-refractivity contribution in [1.82, 2.24) is 4.90 Å². The van der Waals surface area contributed by atoms with Gasteiger partial charge in [0.15, 0.2) is 9.84 Å². The van der Waals surface area contributed by atoms with Crippen LogP contribution in [0.1, 0.15) is 24.2 Å². The molecule has 0 spiro atoms. The number of aliphatic carboxylic acids is 1. The molecule has 23 heavy (non-hydrogen) atoms. The maximum absolute atomic E-state index is 12.4. The number of benzene rings is 1. The minimum Gasteiger partial charge on any atom is -0.480 e. The lowest BCUT2D eigenvalue weighted by molar-refractivity contribution is -0.385. The number of amides is 1. The molecule has 1 amide bonds. The SMILES string of the molecule is CC(C)N(CC(=O)O)C(=O)c1cc([N+](=O)[O-])cc(S(C)(=O)=O)c1. The first kappa shape index (κ1) is 18.6. The van der Waals surface area contributed by atoms with E-state index in [1.54, 1.807) is 13.8 Å². The first-order valence-corrected chi connectivity index (χ1v) is 8.35. The molecule has 0 fully saturated rings. The number of rotatable bonds is 6. The second-order valence-electron chi connectivity index (χ2n) is 5.17. The number of carbonyl (C=O) groups excluding carboxylic acids is 1. The van der Waals surface area contributed by atoms with Crippen LogP contribution in [0.25, 0.3) is 0 Å². The average Bonchev–Trinajstić information content (AvgIpc) is 2.42. The molecule has 1 N–H and O–H groups in total. The van der Waals surface area contributed by atoms with Crippen molar-refractivity contribution >= 4 is 27.4 Å². The van der Waals surface area contributed by atoms with E-state index in [0.717, 1.165) is 29.4 Å². The molecular weight excluding hydrogens is 328 g/mol. The number of nitro groups is 1. The normalized spacial score (nSPS) is 11.3. The fraction of sp³-hybridized carbons (Fsp3) is 0.385. The number of carbonyl (C=O) groups is 2. The molecule has 0 saturated carbocycles. The van der Waals surface area contributed by atoms with E-state index in [-0.39, 0.29) is 10.5 Å². The summed E-state index contributed by atoms with van der Waals surface area (Å²) in [6.45, 7) is 2.55. The van der Waals surface area contributed by atoms with Gasteiger partial charge in [0.1, 0.15) is 6.54 Å². The molecule has 1 aromatic carbocycles. The second-order valence-corrected chi connectivity index (χ2v) is 7.18. The van der Waals surface area contributed by atoms with Crippen LogP contribution >= 0.6 is 0 Å². The number of hydrogen-bond acceptors (Lipinski definition) is 6. The number of carboxylic acids is 1. The highest BCUT2D eigenvalue weighted by atomic mass is 32.2. The molecule has 0 aliphatic heterocycles. The molecule has 0 aliphatic rings. The van der Waals surface area contributed by atoms with Gasteiger partial charge in [-0.25, -0.2) is 8.42 Å². The molecule has 1 aromatic rings. The van der Waals surface area contributed by atoms with Crippen molar-refractivity contribution < 1.29 is 28.0 Å². The molecule has 126 valence electrons. The lowest BCUT2D eigenvalue weighted by Gasteiger charge is -2.25. The van der Waals surface area contributed by atoms with Crippen LogP contribution < -0.4 is 0 Å². The van der Waals surface area contributed by atoms with Crippen molar-refractivity contribution in [1.29, 1.82) is 0 Å². The Morgan fingerprint density at radius 2 is 1.87 bits per heavy atom. The number of sulfone groups is 1. The topological polar surface area (TPSA) is 135 Å².